The van der Waals surface area contributed by atoms with Gasteiger partial charge in [-0.25, -0.2) is 0 Å². The first kappa shape index (κ1) is 14.6. The van der Waals surface area contributed by atoms with Gasteiger partial charge in [-0.1, -0.05) is 42.4 Å². The Kier molecular flexibility index (Phi) is 4.12. The molecule has 1 aromatic carbocycles. The summed E-state index contributed by atoms with van der Waals surface area (Å²) < 4.78 is 0. The molecule has 4 nitrogen and oxygen atoms in total. The molecule has 108 valence electrons. The lowest BCUT2D eigenvalue weighted by molar-refractivity contribution is -0.136. The molecule has 1 amide bonds. The van der Waals surface area contributed by atoms with E-state index in [1.54, 1.807) is 0 Å². The van der Waals surface area contributed by atoms with Gasteiger partial charge >= 0.3 is 0 Å². The van der Waals surface area contributed by atoms with E-state index in [-0.39, 0.29) is 11.8 Å². The average Bonchev–Trinajstić information content (AvgIpc) is 2.47. The van der Waals surface area contributed by atoms with Crippen molar-refractivity contribution in [2.75, 3.05) is 13.1 Å². The van der Waals surface area contributed by atoms with Crippen molar-refractivity contribution in [2.24, 2.45) is 11.1 Å². The van der Waals surface area contributed by atoms with Crippen LogP contribution in [0.4, 0.5) is 0 Å². The van der Waals surface area contributed by atoms with Gasteiger partial charge in [0.25, 0.3) is 0 Å². The molecule has 1 saturated heterocycles. The zero-order valence-electron chi connectivity index (χ0n) is 12.3. The Morgan fingerprint density at radius 2 is 2.00 bits per heavy atom. The van der Waals surface area contributed by atoms with Gasteiger partial charge in [0.15, 0.2) is 0 Å². The van der Waals surface area contributed by atoms with Crippen LogP contribution in [0.1, 0.15) is 32.8 Å². The average molecular weight is 274 g/mol. The van der Waals surface area contributed by atoms with Crippen molar-refractivity contribution >= 4 is 11.6 Å². The number of carbonyl (C=O) groups is 1. The van der Waals surface area contributed by atoms with E-state index in [4.69, 9.17) is 5.21 Å². The molecular formula is C16H22N2O2. The van der Waals surface area contributed by atoms with Crippen molar-refractivity contribution in [3.8, 4) is 0 Å². The molecule has 1 fully saturated rings. The molecule has 20 heavy (non-hydrogen) atoms. The van der Waals surface area contributed by atoms with E-state index in [0.717, 1.165) is 11.3 Å². The summed E-state index contributed by atoms with van der Waals surface area (Å²) in [6, 6.07) is 9.86. The molecule has 0 aliphatic carbocycles. The molecule has 1 atom stereocenters. The predicted octanol–water partition coefficient (Wildman–Crippen LogP) is 2.66. The number of hydrogen-bond acceptors (Lipinski definition) is 3. The number of piperidine rings is 1. The molecule has 0 saturated carbocycles. The molecule has 1 N–H and O–H groups in total. The van der Waals surface area contributed by atoms with Crippen molar-refractivity contribution in [3.63, 3.8) is 0 Å². The second-order valence-electron chi connectivity index (χ2n) is 5.98. The molecular weight excluding hydrogens is 252 g/mol. The van der Waals surface area contributed by atoms with Crippen molar-refractivity contribution in [3.05, 3.63) is 35.9 Å². The normalized spacial score (nSPS) is 22.1. The number of oxime groups is 1. The van der Waals surface area contributed by atoms with Crippen molar-refractivity contribution in [1.82, 2.24) is 4.90 Å². The summed E-state index contributed by atoms with van der Waals surface area (Å²) in [7, 11) is 0. The van der Waals surface area contributed by atoms with Crippen LogP contribution in [0.15, 0.2) is 35.5 Å². The second-order valence-corrected chi connectivity index (χ2v) is 5.98. The number of carbonyl (C=O) groups excluding carboxylic acids is 1. The molecule has 1 aliphatic rings. The standard InChI is InChI=1S/C16H22N2O2/c1-12-11-18(10-9-14(12)17-20)15(19)16(2,3)13-7-5-4-6-8-13/h4-8,12,20H,9-11H2,1-3H3/b17-14+. The number of amides is 1. The minimum atomic E-state index is -0.533. The Morgan fingerprint density at radius 1 is 1.35 bits per heavy atom. The molecule has 1 heterocycles. The quantitative estimate of drug-likeness (QED) is 0.666. The zero-order valence-corrected chi connectivity index (χ0v) is 12.3. The Morgan fingerprint density at radius 3 is 2.55 bits per heavy atom. The number of rotatable bonds is 2. The lowest BCUT2D eigenvalue weighted by Gasteiger charge is -2.37. The van der Waals surface area contributed by atoms with Gasteiger partial charge in [0.1, 0.15) is 0 Å². The van der Waals surface area contributed by atoms with E-state index >= 15 is 0 Å². The van der Waals surface area contributed by atoms with Gasteiger partial charge in [-0.3, -0.25) is 4.79 Å². The minimum Gasteiger partial charge on any atom is -0.411 e. The van der Waals surface area contributed by atoms with Crippen LogP contribution in [0.2, 0.25) is 0 Å². The van der Waals surface area contributed by atoms with Crippen LogP contribution >= 0.6 is 0 Å². The molecule has 0 spiro atoms. The highest BCUT2D eigenvalue weighted by Gasteiger charge is 2.36. The fourth-order valence-corrected chi connectivity index (χ4v) is 2.73. The molecule has 4 heteroatoms. The molecule has 0 radical (unpaired) electrons. The third-order valence-electron chi connectivity index (χ3n) is 4.15. The fraction of sp³-hybridized carbons (Fsp3) is 0.500. The van der Waals surface area contributed by atoms with Gasteiger partial charge in [0.2, 0.25) is 5.91 Å². The van der Waals surface area contributed by atoms with Gasteiger partial charge in [-0.2, -0.15) is 0 Å². The zero-order chi connectivity index (χ0) is 14.8. The first-order chi connectivity index (χ1) is 9.46. The van der Waals surface area contributed by atoms with Gasteiger partial charge in [0, 0.05) is 25.4 Å². The predicted molar refractivity (Wildman–Crippen MR) is 79.1 cm³/mol. The van der Waals surface area contributed by atoms with Crippen LogP contribution in [-0.2, 0) is 10.2 Å². The third-order valence-corrected chi connectivity index (χ3v) is 4.15. The first-order valence-electron chi connectivity index (χ1n) is 7.02. The second kappa shape index (κ2) is 5.65. The topological polar surface area (TPSA) is 52.9 Å². The van der Waals surface area contributed by atoms with Crippen LogP contribution in [0.25, 0.3) is 0 Å². The fourth-order valence-electron chi connectivity index (χ4n) is 2.73. The lowest BCUT2D eigenvalue weighted by Crippen LogP contribution is -2.49. The van der Waals surface area contributed by atoms with Crippen LogP contribution in [0.3, 0.4) is 0 Å². The van der Waals surface area contributed by atoms with Gasteiger partial charge < -0.3 is 10.1 Å². The van der Waals surface area contributed by atoms with Crippen LogP contribution in [0.5, 0.6) is 0 Å². The van der Waals surface area contributed by atoms with Crippen LogP contribution in [0, 0.1) is 5.92 Å². The maximum Gasteiger partial charge on any atom is 0.232 e. The van der Waals surface area contributed by atoms with E-state index < -0.39 is 5.41 Å². The first-order valence-corrected chi connectivity index (χ1v) is 7.02. The van der Waals surface area contributed by atoms with E-state index in [2.05, 4.69) is 5.16 Å². The highest BCUT2D eigenvalue weighted by atomic mass is 16.4. The summed E-state index contributed by atoms with van der Waals surface area (Å²) in [5, 5.41) is 12.2. The third kappa shape index (κ3) is 2.69. The van der Waals surface area contributed by atoms with E-state index in [1.807, 2.05) is 56.0 Å². The van der Waals surface area contributed by atoms with Gasteiger partial charge in [-0.05, 0) is 19.4 Å². The van der Waals surface area contributed by atoms with E-state index in [0.29, 0.717) is 19.5 Å². The molecule has 1 aromatic rings. The summed E-state index contributed by atoms with van der Waals surface area (Å²) in [6.45, 7) is 7.16. The lowest BCUT2D eigenvalue weighted by atomic mass is 9.82. The number of benzene rings is 1. The van der Waals surface area contributed by atoms with Crippen molar-refractivity contribution in [2.45, 2.75) is 32.6 Å². The van der Waals surface area contributed by atoms with Crippen LogP contribution < -0.4 is 0 Å². The molecule has 1 unspecified atom stereocenters. The van der Waals surface area contributed by atoms with E-state index in [9.17, 15) is 4.79 Å². The molecule has 2 rings (SSSR count). The largest absolute Gasteiger partial charge is 0.411 e. The maximum absolute atomic E-state index is 12.8. The van der Waals surface area contributed by atoms with Crippen LogP contribution in [-0.4, -0.2) is 34.8 Å². The molecule has 1 aliphatic heterocycles. The Balaban J connectivity index is 2.16. The highest BCUT2D eigenvalue weighted by Crippen LogP contribution is 2.27. The van der Waals surface area contributed by atoms with Gasteiger partial charge in [0.05, 0.1) is 11.1 Å². The number of likely N-dealkylation sites (tertiary alicyclic amines) is 1. The summed E-state index contributed by atoms with van der Waals surface area (Å²) >= 11 is 0. The van der Waals surface area contributed by atoms with E-state index in [1.165, 1.54) is 0 Å². The smallest absolute Gasteiger partial charge is 0.232 e. The van der Waals surface area contributed by atoms with Crippen molar-refractivity contribution < 1.29 is 10.0 Å². The molecule has 0 bridgehead atoms. The maximum atomic E-state index is 12.8. The molecule has 0 aromatic heterocycles. The van der Waals surface area contributed by atoms with Crippen molar-refractivity contribution in [1.29, 1.82) is 0 Å². The number of nitrogens with zero attached hydrogens (tertiary/aromatic N) is 2. The SMILES string of the molecule is CC1CN(C(=O)C(C)(C)c2ccccc2)CC/C1=N\O. The summed E-state index contributed by atoms with van der Waals surface area (Å²) in [5.41, 5.74) is 1.28. The summed E-state index contributed by atoms with van der Waals surface area (Å²) in [4.78, 5) is 14.7. The minimum absolute atomic E-state index is 0.115. The van der Waals surface area contributed by atoms with Gasteiger partial charge in [-0.15, -0.1) is 0 Å². The summed E-state index contributed by atoms with van der Waals surface area (Å²) in [6.07, 6.45) is 0.647. The number of hydrogen-bond donors (Lipinski definition) is 1. The Hall–Kier alpha value is -1.84. The Labute approximate surface area is 120 Å². The Bertz CT molecular complexity index is 508. The highest BCUT2D eigenvalue weighted by molar-refractivity contribution is 5.92. The summed E-state index contributed by atoms with van der Waals surface area (Å²) in [5.74, 6) is 0.247. The monoisotopic (exact) mass is 274 g/mol.